The maximum Gasteiger partial charge on any atom is 0.0833 e. The van der Waals surface area contributed by atoms with Crippen LogP contribution in [0.15, 0.2) is 6.20 Å². The van der Waals surface area contributed by atoms with Gasteiger partial charge in [0.15, 0.2) is 0 Å². The smallest absolute Gasteiger partial charge is 0.0833 e. The van der Waals surface area contributed by atoms with E-state index < -0.39 is 0 Å². The molecule has 4 heteroatoms. The summed E-state index contributed by atoms with van der Waals surface area (Å²) < 4.78 is 1.77. The Morgan fingerprint density at radius 1 is 1.62 bits per heavy atom. The van der Waals surface area contributed by atoms with Gasteiger partial charge in [-0.05, 0) is 43.6 Å². The van der Waals surface area contributed by atoms with Crippen LogP contribution in [0.4, 0.5) is 0 Å². The lowest BCUT2D eigenvalue weighted by atomic mass is 9.80. The molecule has 1 saturated carbocycles. The summed E-state index contributed by atoms with van der Waals surface area (Å²) in [5.41, 5.74) is 7.36. The van der Waals surface area contributed by atoms with Gasteiger partial charge in [-0.2, -0.15) is 0 Å². The number of nitrogens with zero attached hydrogens (tertiary/aromatic N) is 3. The zero-order valence-electron chi connectivity index (χ0n) is 10.3. The van der Waals surface area contributed by atoms with E-state index in [9.17, 15) is 0 Å². The zero-order valence-corrected chi connectivity index (χ0v) is 10.3. The monoisotopic (exact) mass is 222 g/mol. The minimum Gasteiger partial charge on any atom is -0.330 e. The Hall–Kier alpha value is -0.900. The molecule has 0 spiro atoms. The molecule has 1 fully saturated rings. The molecule has 2 N–H and O–H groups in total. The molecule has 0 aliphatic heterocycles. The molecule has 2 atom stereocenters. The average Bonchev–Trinajstić information content (AvgIpc) is 2.87. The van der Waals surface area contributed by atoms with Gasteiger partial charge >= 0.3 is 0 Å². The Morgan fingerprint density at radius 3 is 2.94 bits per heavy atom. The summed E-state index contributed by atoms with van der Waals surface area (Å²) in [6, 6.07) is 0. The minimum atomic E-state index is 0.288. The maximum atomic E-state index is 5.99. The molecule has 90 valence electrons. The van der Waals surface area contributed by atoms with Crippen LogP contribution < -0.4 is 5.73 Å². The van der Waals surface area contributed by atoms with Crippen LogP contribution in [0, 0.1) is 11.3 Å². The summed E-state index contributed by atoms with van der Waals surface area (Å²) >= 11 is 0. The van der Waals surface area contributed by atoms with E-state index in [1.807, 2.05) is 13.2 Å². The Labute approximate surface area is 97.2 Å². The molecule has 2 rings (SSSR count). The van der Waals surface area contributed by atoms with E-state index in [0.29, 0.717) is 0 Å². The van der Waals surface area contributed by atoms with Crippen LogP contribution in [0.2, 0.25) is 0 Å². The van der Waals surface area contributed by atoms with Crippen LogP contribution in [0.1, 0.15) is 38.3 Å². The van der Waals surface area contributed by atoms with Crippen molar-refractivity contribution >= 4 is 0 Å². The van der Waals surface area contributed by atoms with E-state index in [1.54, 1.807) is 4.68 Å². The van der Waals surface area contributed by atoms with Crippen molar-refractivity contribution < 1.29 is 0 Å². The van der Waals surface area contributed by atoms with Crippen molar-refractivity contribution in [3.8, 4) is 0 Å². The molecule has 0 aromatic carbocycles. The predicted octanol–water partition coefficient (Wildman–Crippen LogP) is 1.51. The molecule has 1 aromatic heterocycles. The first kappa shape index (κ1) is 11.6. The fourth-order valence-corrected chi connectivity index (χ4v) is 2.95. The molecule has 1 heterocycles. The molecule has 16 heavy (non-hydrogen) atoms. The third-order valence-corrected chi connectivity index (χ3v) is 4.02. The van der Waals surface area contributed by atoms with Gasteiger partial charge in [-0.25, -0.2) is 0 Å². The summed E-state index contributed by atoms with van der Waals surface area (Å²) in [6.45, 7) is 3.06. The first-order valence-corrected chi connectivity index (χ1v) is 6.23. The van der Waals surface area contributed by atoms with Crippen LogP contribution >= 0.6 is 0 Å². The largest absolute Gasteiger partial charge is 0.330 e. The van der Waals surface area contributed by atoms with Gasteiger partial charge in [0.2, 0.25) is 0 Å². The van der Waals surface area contributed by atoms with Gasteiger partial charge < -0.3 is 5.73 Å². The van der Waals surface area contributed by atoms with Crippen molar-refractivity contribution in [2.45, 2.75) is 39.0 Å². The Bertz CT molecular complexity index is 347. The summed E-state index contributed by atoms with van der Waals surface area (Å²) in [5, 5.41) is 8.17. The lowest BCUT2D eigenvalue weighted by Gasteiger charge is -2.26. The van der Waals surface area contributed by atoms with Crippen molar-refractivity contribution in [2.75, 3.05) is 6.54 Å². The lowest BCUT2D eigenvalue weighted by Crippen LogP contribution is -2.30. The summed E-state index contributed by atoms with van der Waals surface area (Å²) in [4.78, 5) is 0. The molecular weight excluding hydrogens is 200 g/mol. The van der Waals surface area contributed by atoms with E-state index >= 15 is 0 Å². The van der Waals surface area contributed by atoms with Crippen molar-refractivity contribution in [1.82, 2.24) is 15.0 Å². The molecule has 0 radical (unpaired) electrons. The van der Waals surface area contributed by atoms with Gasteiger partial charge in [0.25, 0.3) is 0 Å². The first-order chi connectivity index (χ1) is 7.67. The Morgan fingerprint density at radius 2 is 2.44 bits per heavy atom. The molecule has 0 amide bonds. The third-order valence-electron chi connectivity index (χ3n) is 4.02. The fraction of sp³-hybridized carbons (Fsp3) is 0.833. The number of hydrogen-bond donors (Lipinski definition) is 1. The second-order valence-electron chi connectivity index (χ2n) is 5.28. The van der Waals surface area contributed by atoms with Crippen LogP contribution in [-0.4, -0.2) is 21.5 Å². The highest BCUT2D eigenvalue weighted by atomic mass is 15.4. The Balaban J connectivity index is 2.06. The standard InChI is InChI=1S/C12H22N4/c1-3-10-4-5-12(6-10,9-13)7-11-8-16(2)15-14-11/h8,10H,3-7,9,13H2,1-2H3. The quantitative estimate of drug-likeness (QED) is 0.840. The van der Waals surface area contributed by atoms with Crippen molar-refractivity contribution in [3.63, 3.8) is 0 Å². The lowest BCUT2D eigenvalue weighted by molar-refractivity contribution is 0.288. The number of aromatic nitrogens is 3. The highest BCUT2D eigenvalue weighted by Crippen LogP contribution is 2.44. The molecule has 4 nitrogen and oxygen atoms in total. The third kappa shape index (κ3) is 2.26. The van der Waals surface area contributed by atoms with Gasteiger partial charge in [-0.15, -0.1) is 5.10 Å². The fourth-order valence-electron chi connectivity index (χ4n) is 2.95. The van der Waals surface area contributed by atoms with E-state index in [-0.39, 0.29) is 5.41 Å². The second-order valence-corrected chi connectivity index (χ2v) is 5.28. The minimum absolute atomic E-state index is 0.288. The van der Waals surface area contributed by atoms with Crippen molar-refractivity contribution in [3.05, 3.63) is 11.9 Å². The van der Waals surface area contributed by atoms with E-state index in [1.165, 1.54) is 25.7 Å². The topological polar surface area (TPSA) is 56.7 Å². The van der Waals surface area contributed by atoms with Crippen LogP contribution in [0.3, 0.4) is 0 Å². The van der Waals surface area contributed by atoms with Gasteiger partial charge in [0.1, 0.15) is 0 Å². The molecule has 1 aliphatic carbocycles. The van der Waals surface area contributed by atoms with Crippen LogP contribution in [-0.2, 0) is 13.5 Å². The second kappa shape index (κ2) is 4.53. The number of nitrogens with two attached hydrogens (primary N) is 1. The SMILES string of the molecule is CCC1CCC(CN)(Cc2cn(C)nn2)C1. The average molecular weight is 222 g/mol. The van der Waals surface area contributed by atoms with E-state index in [0.717, 1.165) is 24.6 Å². The maximum absolute atomic E-state index is 5.99. The van der Waals surface area contributed by atoms with Gasteiger partial charge in [-0.1, -0.05) is 18.6 Å². The highest BCUT2D eigenvalue weighted by molar-refractivity contribution is 5.02. The molecule has 0 saturated heterocycles. The van der Waals surface area contributed by atoms with Crippen LogP contribution in [0.25, 0.3) is 0 Å². The van der Waals surface area contributed by atoms with E-state index in [4.69, 9.17) is 5.73 Å². The Kier molecular flexibility index (Phi) is 3.28. The zero-order chi connectivity index (χ0) is 11.6. The van der Waals surface area contributed by atoms with Crippen LogP contribution in [0.5, 0.6) is 0 Å². The highest BCUT2D eigenvalue weighted by Gasteiger charge is 2.37. The van der Waals surface area contributed by atoms with E-state index in [2.05, 4.69) is 17.2 Å². The number of hydrogen-bond acceptors (Lipinski definition) is 3. The number of rotatable bonds is 4. The number of aryl methyl sites for hydroxylation is 1. The van der Waals surface area contributed by atoms with Gasteiger partial charge in [-0.3, -0.25) is 4.68 Å². The summed E-state index contributed by atoms with van der Waals surface area (Å²) in [5.74, 6) is 0.861. The molecule has 0 bridgehead atoms. The predicted molar refractivity (Wildman–Crippen MR) is 63.8 cm³/mol. The molecular formula is C12H22N4. The molecule has 1 aliphatic rings. The first-order valence-electron chi connectivity index (χ1n) is 6.23. The van der Waals surface area contributed by atoms with Crippen molar-refractivity contribution in [1.29, 1.82) is 0 Å². The summed E-state index contributed by atoms with van der Waals surface area (Å²) in [7, 11) is 1.91. The van der Waals surface area contributed by atoms with Gasteiger partial charge in [0.05, 0.1) is 5.69 Å². The normalized spacial score (nSPS) is 29.8. The molecule has 2 unspecified atom stereocenters. The molecule has 1 aromatic rings. The van der Waals surface area contributed by atoms with Crippen molar-refractivity contribution in [2.24, 2.45) is 24.1 Å². The summed E-state index contributed by atoms with van der Waals surface area (Å²) in [6.07, 6.45) is 8.12. The van der Waals surface area contributed by atoms with Gasteiger partial charge in [0, 0.05) is 13.2 Å².